The summed E-state index contributed by atoms with van der Waals surface area (Å²) >= 11 is 0. The highest BCUT2D eigenvalue weighted by atomic mass is 16.7. The fraction of sp³-hybridized carbons (Fsp3) is 0.381. The molecule has 0 saturated heterocycles. The predicted octanol–water partition coefficient (Wildman–Crippen LogP) is 0.412. The third kappa shape index (κ3) is 4.25. The molecule has 0 saturated carbocycles. The predicted molar refractivity (Wildman–Crippen MR) is 114 cm³/mol. The zero-order chi connectivity index (χ0) is 23.6. The molecule has 0 radical (unpaired) electrons. The third-order valence-electron chi connectivity index (χ3n) is 5.33. The Hall–Kier alpha value is -3.57. The van der Waals surface area contributed by atoms with Crippen molar-refractivity contribution in [2.75, 3.05) is 13.6 Å². The number of benzene rings is 1. The summed E-state index contributed by atoms with van der Waals surface area (Å²) in [5.74, 6) is -1.12. The number of rotatable bonds is 9. The number of amides is 2. The molecule has 3 rings (SSSR count). The van der Waals surface area contributed by atoms with Crippen LogP contribution >= 0.6 is 0 Å². The number of phenols is 2. The molecule has 2 aromatic rings. The molecule has 1 aliphatic rings. The van der Waals surface area contributed by atoms with Crippen molar-refractivity contribution in [3.05, 3.63) is 46.4 Å². The molecule has 172 valence electrons. The molecule has 1 unspecified atom stereocenters. The highest BCUT2D eigenvalue weighted by Crippen LogP contribution is 2.35. The van der Waals surface area contributed by atoms with Crippen LogP contribution in [0.1, 0.15) is 52.7 Å². The van der Waals surface area contributed by atoms with E-state index in [1.54, 1.807) is 13.1 Å². The number of nitrogens with one attached hydrogen (secondary N) is 2. The second-order valence-electron chi connectivity index (χ2n) is 7.97. The molecule has 11 heteroatoms. The lowest BCUT2D eigenvalue weighted by molar-refractivity contribution is -0.124. The molecular weight excluding hydrogens is 418 g/mol. The van der Waals surface area contributed by atoms with Crippen molar-refractivity contribution in [1.82, 2.24) is 16.0 Å². The highest BCUT2D eigenvalue weighted by Gasteiger charge is 2.42. The summed E-state index contributed by atoms with van der Waals surface area (Å²) < 4.78 is 5.36. The van der Waals surface area contributed by atoms with Crippen molar-refractivity contribution in [3.8, 4) is 11.5 Å². The molecule has 32 heavy (non-hydrogen) atoms. The molecule has 0 spiro atoms. The van der Waals surface area contributed by atoms with Gasteiger partial charge in [0.1, 0.15) is 17.3 Å². The van der Waals surface area contributed by atoms with Gasteiger partial charge in [0.05, 0.1) is 5.56 Å². The number of phenolic OH excluding ortho intramolecular Hbond substituents is 2. The molecule has 1 aromatic heterocycles. The van der Waals surface area contributed by atoms with Gasteiger partial charge in [0.2, 0.25) is 5.91 Å². The van der Waals surface area contributed by atoms with E-state index >= 15 is 0 Å². The zero-order valence-electron chi connectivity index (χ0n) is 18.1. The maximum Gasteiger partial charge on any atom is 0.271 e. The van der Waals surface area contributed by atoms with E-state index in [9.17, 15) is 19.8 Å². The molecule has 2 amide bonds. The van der Waals surface area contributed by atoms with Crippen LogP contribution < -0.4 is 22.3 Å². The quantitative estimate of drug-likeness (QED) is 0.318. The normalized spacial score (nSPS) is 17.9. The number of nitrogens with two attached hydrogens (primary N) is 2. The van der Waals surface area contributed by atoms with Gasteiger partial charge >= 0.3 is 0 Å². The lowest BCUT2D eigenvalue weighted by atomic mass is 9.95. The van der Waals surface area contributed by atoms with Crippen molar-refractivity contribution in [1.29, 1.82) is 0 Å². The van der Waals surface area contributed by atoms with E-state index in [4.69, 9.17) is 20.8 Å². The second-order valence-corrected chi connectivity index (χ2v) is 7.97. The molecular formula is C21H27N5O6. The number of hydrogen-bond donors (Lipinski definition) is 6. The minimum absolute atomic E-state index is 0.0144. The number of aromatic nitrogens is 1. The maximum absolute atomic E-state index is 12.0. The van der Waals surface area contributed by atoms with Crippen LogP contribution in [0.25, 0.3) is 5.76 Å². The van der Waals surface area contributed by atoms with E-state index in [0.29, 0.717) is 17.5 Å². The topological polar surface area (TPSA) is 186 Å². The van der Waals surface area contributed by atoms with Crippen molar-refractivity contribution in [3.63, 3.8) is 0 Å². The van der Waals surface area contributed by atoms with Crippen LogP contribution in [0.15, 0.2) is 22.7 Å². The number of hydroxylamine groups is 1. The van der Waals surface area contributed by atoms with Gasteiger partial charge in [-0.25, -0.2) is 0 Å². The Labute approximate surface area is 184 Å². The second kappa shape index (κ2) is 8.89. The summed E-state index contributed by atoms with van der Waals surface area (Å²) in [6.45, 7) is 3.99. The average molecular weight is 445 g/mol. The van der Waals surface area contributed by atoms with E-state index in [0.717, 1.165) is 0 Å². The molecule has 1 aromatic carbocycles. The number of aromatic hydroxyl groups is 2. The Kier molecular flexibility index (Phi) is 6.42. The van der Waals surface area contributed by atoms with Crippen LogP contribution in [0.5, 0.6) is 11.5 Å². The first-order valence-corrected chi connectivity index (χ1v) is 10.0. The van der Waals surface area contributed by atoms with Gasteiger partial charge in [-0.05, 0) is 42.7 Å². The SMILES string of the molecule is CNCC1(C(N)=O)C=C(c2c(C(N)=O)noc2CCc2cc(C(C)C)c(O)cc2O)ON1. The van der Waals surface area contributed by atoms with E-state index < -0.39 is 17.4 Å². The molecule has 8 N–H and O–H groups in total. The minimum atomic E-state index is -1.34. The van der Waals surface area contributed by atoms with Crippen molar-refractivity contribution in [2.24, 2.45) is 11.5 Å². The summed E-state index contributed by atoms with van der Waals surface area (Å²) in [6.07, 6.45) is 1.98. The first-order chi connectivity index (χ1) is 15.1. The van der Waals surface area contributed by atoms with Crippen LogP contribution in [0.3, 0.4) is 0 Å². The van der Waals surface area contributed by atoms with Gasteiger partial charge in [-0.2, -0.15) is 0 Å². The highest BCUT2D eigenvalue weighted by molar-refractivity contribution is 5.97. The zero-order valence-corrected chi connectivity index (χ0v) is 18.1. The van der Waals surface area contributed by atoms with Gasteiger partial charge in [0, 0.05) is 19.0 Å². The smallest absolute Gasteiger partial charge is 0.271 e. The van der Waals surface area contributed by atoms with Crippen LogP contribution in [-0.4, -0.2) is 46.3 Å². The van der Waals surface area contributed by atoms with Gasteiger partial charge in [0.25, 0.3) is 5.91 Å². The maximum atomic E-state index is 12.0. The number of carbonyl (C=O) groups excluding carboxylic acids is 2. The molecule has 0 bridgehead atoms. The monoisotopic (exact) mass is 445 g/mol. The number of likely N-dealkylation sites (N-methyl/N-ethyl adjacent to an activating group) is 1. The summed E-state index contributed by atoms with van der Waals surface area (Å²) in [5.41, 5.74) is 13.5. The van der Waals surface area contributed by atoms with Gasteiger partial charge in [-0.15, -0.1) is 5.48 Å². The first-order valence-electron chi connectivity index (χ1n) is 10.0. The third-order valence-corrected chi connectivity index (χ3v) is 5.33. The number of carbonyl (C=O) groups is 2. The van der Waals surface area contributed by atoms with E-state index in [1.807, 2.05) is 13.8 Å². The summed E-state index contributed by atoms with van der Waals surface area (Å²) in [7, 11) is 1.65. The van der Waals surface area contributed by atoms with Crippen LogP contribution in [0, 0.1) is 0 Å². The van der Waals surface area contributed by atoms with Gasteiger partial charge in [-0.1, -0.05) is 19.0 Å². The Morgan fingerprint density at radius 1 is 1.22 bits per heavy atom. The Balaban J connectivity index is 1.97. The lowest BCUT2D eigenvalue weighted by Crippen LogP contribution is -2.56. The largest absolute Gasteiger partial charge is 0.508 e. The number of hydrogen-bond acceptors (Lipinski definition) is 9. The van der Waals surface area contributed by atoms with Gasteiger partial charge in [-0.3, -0.25) is 9.59 Å². The average Bonchev–Trinajstić information content (AvgIpc) is 3.32. The molecule has 0 fully saturated rings. The first kappa shape index (κ1) is 23.1. The lowest BCUT2D eigenvalue weighted by Gasteiger charge is -2.21. The van der Waals surface area contributed by atoms with Crippen molar-refractivity contribution < 1.29 is 29.2 Å². The molecule has 2 heterocycles. The van der Waals surface area contributed by atoms with E-state index in [-0.39, 0.29) is 53.2 Å². The van der Waals surface area contributed by atoms with Crippen molar-refractivity contribution >= 4 is 17.6 Å². The van der Waals surface area contributed by atoms with Crippen molar-refractivity contribution in [2.45, 2.75) is 38.1 Å². The fourth-order valence-electron chi connectivity index (χ4n) is 3.60. The van der Waals surface area contributed by atoms with E-state index in [2.05, 4.69) is 16.0 Å². The Morgan fingerprint density at radius 2 is 1.94 bits per heavy atom. The van der Waals surface area contributed by atoms with Gasteiger partial charge < -0.3 is 36.4 Å². The summed E-state index contributed by atoms with van der Waals surface area (Å²) in [5, 5.41) is 26.9. The van der Waals surface area contributed by atoms with Crippen LogP contribution in [-0.2, 0) is 22.5 Å². The van der Waals surface area contributed by atoms with Crippen LogP contribution in [0.2, 0.25) is 0 Å². The number of aryl methyl sites for hydroxylation is 2. The minimum Gasteiger partial charge on any atom is -0.508 e. The fourth-order valence-corrected chi connectivity index (χ4v) is 3.60. The Bertz CT molecular complexity index is 1080. The summed E-state index contributed by atoms with van der Waals surface area (Å²) in [4.78, 5) is 29.4. The number of nitrogens with zero attached hydrogens (tertiary/aromatic N) is 1. The van der Waals surface area contributed by atoms with Crippen LogP contribution in [0.4, 0.5) is 0 Å². The Morgan fingerprint density at radius 3 is 2.53 bits per heavy atom. The van der Waals surface area contributed by atoms with Gasteiger partial charge in [0.15, 0.2) is 17.0 Å². The molecule has 1 atom stereocenters. The summed E-state index contributed by atoms with van der Waals surface area (Å²) in [6, 6.07) is 3.02. The molecule has 1 aliphatic heterocycles. The number of primary amides is 2. The van der Waals surface area contributed by atoms with E-state index in [1.165, 1.54) is 12.1 Å². The standard InChI is InChI=1S/C21H27N5O6/c1-10(2)12-6-11(13(27)7-14(12)28)4-5-15-17(18(19(22)29)25-31-15)16-8-21(9-24-3,20(23)30)26-32-16/h6-8,10,24,26-28H,4-5,9H2,1-3H3,(H2,22,29)(H2,23,30). The molecule has 0 aliphatic carbocycles. The molecule has 11 nitrogen and oxygen atoms in total.